The summed E-state index contributed by atoms with van der Waals surface area (Å²) in [4.78, 5) is 11.1. The Morgan fingerprint density at radius 1 is 1.53 bits per heavy atom. The monoisotopic (exact) mass is 411 g/mol. The number of hydrogen-bond acceptors (Lipinski definition) is 2. The summed E-state index contributed by atoms with van der Waals surface area (Å²) < 4.78 is 0.872. The van der Waals surface area contributed by atoms with Crippen molar-refractivity contribution in [3.05, 3.63) is 32.8 Å². The minimum Gasteiger partial charge on any atom is -0.391 e. The van der Waals surface area contributed by atoms with Crippen molar-refractivity contribution in [2.45, 2.75) is 31.2 Å². The molecule has 0 saturated carbocycles. The predicted octanol–water partition coefficient (Wildman–Crippen LogP) is 3.21. The minimum absolute atomic E-state index is 0.133. The van der Waals surface area contributed by atoms with Crippen LogP contribution in [-0.4, -0.2) is 28.5 Å². The summed E-state index contributed by atoms with van der Waals surface area (Å²) >= 11 is 12.6. The van der Waals surface area contributed by atoms with Gasteiger partial charge in [0.25, 0.3) is 0 Å². The smallest absolute Gasteiger partial charge is 0.233 e. The second-order valence-corrected chi connectivity index (χ2v) is 7.07. The van der Waals surface area contributed by atoms with Gasteiger partial charge in [0.15, 0.2) is 0 Å². The molecule has 6 heteroatoms. The van der Waals surface area contributed by atoms with Gasteiger partial charge in [-0.15, -0.1) is 0 Å². The second kappa shape index (κ2) is 7.62. The maximum absolute atomic E-state index is 11.4. The molecule has 0 bridgehead atoms. The Kier molecular flexibility index (Phi) is 6.80. The van der Waals surface area contributed by atoms with Gasteiger partial charge in [-0.05, 0) is 37.1 Å². The Hall–Kier alpha value is -0.100. The van der Waals surface area contributed by atoms with E-state index in [1.54, 1.807) is 13.0 Å². The minimum atomic E-state index is -0.633. The molecule has 3 nitrogen and oxygen atoms in total. The Bertz CT molecular complexity index is 443. The lowest BCUT2D eigenvalue weighted by Gasteiger charge is -2.15. The lowest BCUT2D eigenvalue weighted by Crippen LogP contribution is -2.36. The second-order valence-electron chi connectivity index (χ2n) is 4.40. The average molecular weight is 414 g/mol. The summed E-state index contributed by atoms with van der Waals surface area (Å²) in [5.74, 6) is -0.133. The van der Waals surface area contributed by atoms with Gasteiger partial charge in [-0.25, -0.2) is 0 Å². The third-order valence-electron chi connectivity index (χ3n) is 2.70. The van der Waals surface area contributed by atoms with Crippen LogP contribution in [0, 0.1) is 6.92 Å². The first-order valence-electron chi connectivity index (χ1n) is 5.85. The Morgan fingerprint density at radius 2 is 2.16 bits per heavy atom. The number of benzene rings is 1. The molecule has 0 saturated heterocycles. The highest BCUT2D eigenvalue weighted by Crippen LogP contribution is 2.26. The molecule has 0 aliphatic carbocycles. The van der Waals surface area contributed by atoms with E-state index in [-0.39, 0.29) is 17.3 Å². The van der Waals surface area contributed by atoms with Gasteiger partial charge in [0.2, 0.25) is 5.91 Å². The van der Waals surface area contributed by atoms with Crippen molar-refractivity contribution in [2.24, 2.45) is 0 Å². The molecule has 0 heterocycles. The Balaban J connectivity index is 2.62. The summed E-state index contributed by atoms with van der Waals surface area (Å²) in [6.07, 6.45) is -0.174. The van der Waals surface area contributed by atoms with Crippen LogP contribution in [0.3, 0.4) is 0 Å². The van der Waals surface area contributed by atoms with Crippen molar-refractivity contribution in [3.8, 4) is 0 Å². The van der Waals surface area contributed by atoms with Crippen LogP contribution in [0.15, 0.2) is 16.6 Å². The van der Waals surface area contributed by atoms with Crippen LogP contribution in [0.1, 0.15) is 18.1 Å². The third-order valence-corrected chi connectivity index (χ3v) is 4.04. The highest BCUT2D eigenvalue weighted by Gasteiger charge is 2.14. The molecular weight excluding hydrogens is 397 g/mol. The maximum Gasteiger partial charge on any atom is 0.233 e. The van der Waals surface area contributed by atoms with Crippen LogP contribution in [0.4, 0.5) is 0 Å². The molecule has 1 unspecified atom stereocenters. The molecule has 106 valence electrons. The number of carbonyl (C=O) groups excluding carboxylic acids is 1. The molecular formula is C13H16Br2ClNO2. The summed E-state index contributed by atoms with van der Waals surface area (Å²) in [6.45, 7) is 3.91. The van der Waals surface area contributed by atoms with Crippen molar-refractivity contribution < 1.29 is 9.90 Å². The largest absolute Gasteiger partial charge is 0.391 e. The lowest BCUT2D eigenvalue weighted by molar-refractivity contribution is -0.120. The van der Waals surface area contributed by atoms with Gasteiger partial charge >= 0.3 is 0 Å². The van der Waals surface area contributed by atoms with Crippen LogP contribution in [0.5, 0.6) is 0 Å². The number of nitrogens with one attached hydrogen (secondary N) is 1. The van der Waals surface area contributed by atoms with Crippen molar-refractivity contribution in [1.82, 2.24) is 5.32 Å². The average Bonchev–Trinajstić information content (AvgIpc) is 2.30. The molecule has 1 rings (SSSR count). The molecule has 0 radical (unpaired) electrons. The quantitative estimate of drug-likeness (QED) is 0.729. The summed E-state index contributed by atoms with van der Waals surface area (Å²) in [7, 11) is 0. The lowest BCUT2D eigenvalue weighted by atomic mass is 10.0. The maximum atomic E-state index is 11.4. The van der Waals surface area contributed by atoms with E-state index in [0.717, 1.165) is 15.6 Å². The number of hydrogen-bond donors (Lipinski definition) is 2. The Morgan fingerprint density at radius 3 is 2.68 bits per heavy atom. The third kappa shape index (κ3) is 5.42. The fraction of sp³-hybridized carbons (Fsp3) is 0.462. The summed E-state index contributed by atoms with van der Waals surface area (Å²) in [5.41, 5.74) is 2.01. The molecule has 1 aromatic rings. The first kappa shape index (κ1) is 17.0. The van der Waals surface area contributed by atoms with Crippen LogP contribution < -0.4 is 5.32 Å². The van der Waals surface area contributed by atoms with Gasteiger partial charge in [-0.3, -0.25) is 4.79 Å². The van der Waals surface area contributed by atoms with Crippen molar-refractivity contribution in [3.63, 3.8) is 0 Å². The molecule has 0 aromatic heterocycles. The zero-order valence-electron chi connectivity index (χ0n) is 10.7. The van der Waals surface area contributed by atoms with Gasteiger partial charge in [-0.2, -0.15) is 0 Å². The number of amides is 1. The highest BCUT2D eigenvalue weighted by atomic mass is 79.9. The van der Waals surface area contributed by atoms with Crippen LogP contribution in [0.2, 0.25) is 5.02 Å². The summed E-state index contributed by atoms with van der Waals surface area (Å²) in [6, 6.07) is 3.66. The highest BCUT2D eigenvalue weighted by molar-refractivity contribution is 9.10. The molecule has 19 heavy (non-hydrogen) atoms. The first-order valence-corrected chi connectivity index (χ1v) is 7.94. The molecule has 2 atom stereocenters. The molecule has 0 fully saturated rings. The number of halogens is 3. The van der Waals surface area contributed by atoms with E-state index in [1.165, 1.54) is 0 Å². The van der Waals surface area contributed by atoms with E-state index >= 15 is 0 Å². The molecule has 0 aliphatic heterocycles. The SMILES string of the molecule is Cc1cc(Cl)cc(Br)c1CC(O)CNC(=O)[C@@H](C)Br. The molecule has 0 aliphatic rings. The Labute approximate surface area is 135 Å². The number of aliphatic hydroxyl groups excluding tert-OH is 1. The zero-order chi connectivity index (χ0) is 14.6. The zero-order valence-corrected chi connectivity index (χ0v) is 14.6. The first-order chi connectivity index (χ1) is 8.81. The molecule has 1 amide bonds. The molecule has 2 N–H and O–H groups in total. The normalized spacial score (nSPS) is 14.0. The van der Waals surface area contributed by atoms with E-state index in [0.29, 0.717) is 11.4 Å². The topological polar surface area (TPSA) is 49.3 Å². The van der Waals surface area contributed by atoms with Gasteiger partial charge in [0, 0.05) is 22.5 Å². The van der Waals surface area contributed by atoms with Gasteiger partial charge in [0.1, 0.15) is 0 Å². The molecule has 0 spiro atoms. The van der Waals surface area contributed by atoms with Gasteiger partial charge in [0.05, 0.1) is 10.9 Å². The predicted molar refractivity (Wildman–Crippen MR) is 85.0 cm³/mol. The van der Waals surface area contributed by atoms with Crippen LogP contribution in [-0.2, 0) is 11.2 Å². The van der Waals surface area contributed by atoms with Crippen LogP contribution in [0.25, 0.3) is 0 Å². The number of carbonyl (C=O) groups is 1. The number of rotatable bonds is 5. The van der Waals surface area contributed by atoms with E-state index < -0.39 is 6.10 Å². The van der Waals surface area contributed by atoms with Gasteiger partial charge in [-0.1, -0.05) is 43.5 Å². The van der Waals surface area contributed by atoms with Crippen LogP contribution >= 0.6 is 43.5 Å². The van der Waals surface area contributed by atoms with E-state index in [2.05, 4.69) is 37.2 Å². The fourth-order valence-electron chi connectivity index (χ4n) is 1.66. The van der Waals surface area contributed by atoms with E-state index in [9.17, 15) is 9.90 Å². The number of aliphatic hydroxyl groups is 1. The number of aryl methyl sites for hydroxylation is 1. The molecule has 1 aromatic carbocycles. The fourth-order valence-corrected chi connectivity index (χ4v) is 2.95. The van der Waals surface area contributed by atoms with Crippen molar-refractivity contribution >= 4 is 49.4 Å². The summed E-state index contributed by atoms with van der Waals surface area (Å²) in [5, 5.41) is 13.3. The van der Waals surface area contributed by atoms with E-state index in [1.807, 2.05) is 13.0 Å². The van der Waals surface area contributed by atoms with Crippen molar-refractivity contribution in [2.75, 3.05) is 6.54 Å². The van der Waals surface area contributed by atoms with E-state index in [4.69, 9.17) is 11.6 Å². The standard InChI is InChI=1S/C13H16Br2ClNO2/c1-7-3-9(16)4-12(15)11(7)5-10(18)6-17-13(19)8(2)14/h3-4,8,10,18H,5-6H2,1-2H3,(H,17,19)/t8-,10?/m1/s1. The van der Waals surface area contributed by atoms with Crippen molar-refractivity contribution in [1.29, 1.82) is 0 Å². The number of alkyl halides is 1. The van der Waals surface area contributed by atoms with Gasteiger partial charge < -0.3 is 10.4 Å².